The van der Waals surface area contributed by atoms with E-state index in [0.29, 0.717) is 0 Å². The molecule has 9 aromatic rings. The highest BCUT2D eigenvalue weighted by atomic mass is 15.0. The Kier molecular flexibility index (Phi) is 6.72. The van der Waals surface area contributed by atoms with Gasteiger partial charge in [0.1, 0.15) is 0 Å². The second kappa shape index (κ2) is 11.6. The van der Waals surface area contributed by atoms with E-state index in [4.69, 9.17) is 0 Å². The van der Waals surface area contributed by atoms with E-state index in [9.17, 15) is 0 Å². The third-order valence-electron chi connectivity index (χ3n) is 10.9. The number of para-hydroxylation sites is 2. The van der Waals surface area contributed by atoms with Gasteiger partial charge in [0.25, 0.3) is 0 Å². The first kappa shape index (κ1) is 29.5. The van der Waals surface area contributed by atoms with Crippen molar-refractivity contribution in [2.24, 2.45) is 0 Å². The first-order valence-corrected chi connectivity index (χ1v) is 17.8. The Hall–Kier alpha value is -6.38. The minimum absolute atomic E-state index is 0.0108. The first-order chi connectivity index (χ1) is 25.1. The molecular weight excluding hydrogens is 617 g/mol. The summed E-state index contributed by atoms with van der Waals surface area (Å²) in [5.74, 6) is 0. The number of hydrogen-bond donors (Lipinski definition) is 0. The van der Waals surface area contributed by atoms with Crippen LogP contribution in [0.4, 0.5) is 0 Å². The molecule has 1 aliphatic rings. The van der Waals surface area contributed by atoms with E-state index in [0.717, 1.165) is 6.42 Å². The normalized spacial score (nSPS) is 16.0. The highest BCUT2D eigenvalue weighted by molar-refractivity contribution is 6.13. The molecule has 51 heavy (non-hydrogen) atoms. The summed E-state index contributed by atoms with van der Waals surface area (Å²) in [6.45, 7) is 2.33. The van der Waals surface area contributed by atoms with Crippen LogP contribution in [-0.2, 0) is 5.41 Å². The summed E-state index contributed by atoms with van der Waals surface area (Å²) in [5.41, 5.74) is 13.5. The number of rotatable bonds is 5. The molecule has 1 atom stereocenters. The summed E-state index contributed by atoms with van der Waals surface area (Å²) in [4.78, 5) is 0. The van der Waals surface area contributed by atoms with Crippen molar-refractivity contribution in [1.82, 2.24) is 9.13 Å². The molecule has 0 saturated carbocycles. The lowest BCUT2D eigenvalue weighted by molar-refractivity contribution is 0.599. The number of aromatic nitrogens is 2. The smallest absolute Gasteiger partial charge is 0.0541 e. The highest BCUT2D eigenvalue weighted by Crippen LogP contribution is 2.41. The fraction of sp³-hybridized carbons (Fsp3) is 0.0612. The van der Waals surface area contributed by atoms with Crippen LogP contribution in [0.1, 0.15) is 18.9 Å². The van der Waals surface area contributed by atoms with Crippen molar-refractivity contribution in [1.29, 1.82) is 0 Å². The molecular formula is C49H36N2. The molecule has 0 saturated heterocycles. The Bertz CT molecular complexity index is 2830. The Labute approximate surface area is 297 Å². The number of allylic oxidation sites excluding steroid dienone is 4. The van der Waals surface area contributed by atoms with Crippen LogP contribution >= 0.6 is 0 Å². The van der Waals surface area contributed by atoms with Crippen molar-refractivity contribution in [2.75, 3.05) is 0 Å². The minimum atomic E-state index is -0.0108. The van der Waals surface area contributed by atoms with Crippen LogP contribution in [0.25, 0.3) is 77.2 Å². The van der Waals surface area contributed by atoms with E-state index < -0.39 is 0 Å². The third kappa shape index (κ3) is 4.79. The zero-order valence-corrected chi connectivity index (χ0v) is 28.5. The highest BCUT2D eigenvalue weighted by Gasteiger charge is 2.26. The van der Waals surface area contributed by atoms with E-state index in [1.165, 1.54) is 82.8 Å². The zero-order chi connectivity index (χ0) is 33.9. The van der Waals surface area contributed by atoms with E-state index in [-0.39, 0.29) is 5.41 Å². The summed E-state index contributed by atoms with van der Waals surface area (Å²) in [6.07, 6.45) is 8.07. The van der Waals surface area contributed by atoms with Crippen LogP contribution < -0.4 is 0 Å². The molecule has 2 heteroatoms. The summed E-state index contributed by atoms with van der Waals surface area (Å²) < 4.78 is 4.85. The first-order valence-electron chi connectivity index (χ1n) is 17.8. The number of benzene rings is 7. The molecule has 10 rings (SSSR count). The van der Waals surface area contributed by atoms with Crippen molar-refractivity contribution < 1.29 is 0 Å². The Morgan fingerprint density at radius 1 is 0.431 bits per heavy atom. The van der Waals surface area contributed by atoms with Gasteiger partial charge in [-0.25, -0.2) is 0 Å². The van der Waals surface area contributed by atoms with Gasteiger partial charge >= 0.3 is 0 Å². The maximum absolute atomic E-state index is 2.44. The SMILES string of the molecule is CC1(c2ccccc2)C=CC(n2c3ccccc3c3cc(-c4ccc5c(c4)c4ccccc4n5-c4cccc(-c5ccccc5)c4)ccc32)=CC1. The molecule has 0 radical (unpaired) electrons. The third-order valence-corrected chi connectivity index (χ3v) is 10.9. The average Bonchev–Trinajstić information content (AvgIpc) is 3.71. The predicted molar refractivity (Wildman–Crippen MR) is 216 cm³/mol. The molecule has 2 heterocycles. The molecule has 1 unspecified atom stereocenters. The van der Waals surface area contributed by atoms with E-state index in [1.54, 1.807) is 0 Å². The van der Waals surface area contributed by atoms with Crippen molar-refractivity contribution >= 4 is 49.3 Å². The van der Waals surface area contributed by atoms with Crippen molar-refractivity contribution in [3.63, 3.8) is 0 Å². The molecule has 0 fully saturated rings. The lowest BCUT2D eigenvalue weighted by Crippen LogP contribution is -2.20. The van der Waals surface area contributed by atoms with Gasteiger partial charge in [0, 0.05) is 38.3 Å². The fourth-order valence-corrected chi connectivity index (χ4v) is 8.24. The second-order valence-electron chi connectivity index (χ2n) is 14.0. The van der Waals surface area contributed by atoms with Gasteiger partial charge < -0.3 is 9.13 Å². The van der Waals surface area contributed by atoms with Crippen LogP contribution in [0.15, 0.2) is 188 Å². The van der Waals surface area contributed by atoms with E-state index >= 15 is 0 Å². The molecule has 1 aliphatic carbocycles. The topological polar surface area (TPSA) is 9.86 Å². The average molecular weight is 653 g/mol. The van der Waals surface area contributed by atoms with Gasteiger partial charge in [-0.3, -0.25) is 0 Å². The van der Waals surface area contributed by atoms with Crippen molar-refractivity contribution in [3.05, 3.63) is 194 Å². The number of hydrogen-bond acceptors (Lipinski definition) is 0. The van der Waals surface area contributed by atoms with Crippen molar-refractivity contribution in [2.45, 2.75) is 18.8 Å². The van der Waals surface area contributed by atoms with Crippen LogP contribution in [-0.4, -0.2) is 9.13 Å². The number of fused-ring (bicyclic) bond motifs is 6. The molecule has 2 aromatic heterocycles. The molecule has 0 spiro atoms. The molecule has 0 amide bonds. The Morgan fingerprint density at radius 2 is 0.961 bits per heavy atom. The summed E-state index contributed by atoms with van der Waals surface area (Å²) in [5, 5.41) is 5.07. The summed E-state index contributed by atoms with van der Waals surface area (Å²) in [6, 6.07) is 61.9. The molecule has 7 aromatic carbocycles. The monoisotopic (exact) mass is 652 g/mol. The number of nitrogens with zero attached hydrogens (tertiary/aromatic N) is 2. The van der Waals surface area contributed by atoms with Crippen LogP contribution in [0.5, 0.6) is 0 Å². The maximum atomic E-state index is 2.44. The van der Waals surface area contributed by atoms with Gasteiger partial charge in [-0.05, 0) is 88.8 Å². The van der Waals surface area contributed by atoms with Gasteiger partial charge in [-0.2, -0.15) is 0 Å². The van der Waals surface area contributed by atoms with Crippen molar-refractivity contribution in [3.8, 4) is 27.9 Å². The fourth-order valence-electron chi connectivity index (χ4n) is 8.24. The molecule has 0 bridgehead atoms. The summed E-state index contributed by atoms with van der Waals surface area (Å²) in [7, 11) is 0. The molecule has 2 nitrogen and oxygen atoms in total. The van der Waals surface area contributed by atoms with Crippen LogP contribution in [0.2, 0.25) is 0 Å². The molecule has 0 N–H and O–H groups in total. The molecule has 242 valence electrons. The second-order valence-corrected chi connectivity index (χ2v) is 14.0. The largest absolute Gasteiger partial charge is 0.310 e. The lowest BCUT2D eigenvalue weighted by atomic mass is 9.77. The van der Waals surface area contributed by atoms with Gasteiger partial charge in [0.15, 0.2) is 0 Å². The van der Waals surface area contributed by atoms with Gasteiger partial charge in [0.05, 0.1) is 22.1 Å². The van der Waals surface area contributed by atoms with Gasteiger partial charge in [0.2, 0.25) is 0 Å². The predicted octanol–water partition coefficient (Wildman–Crippen LogP) is 13.0. The standard InChI is InChI=1S/C49H36N2/c1-49(38-16-6-3-7-17-38)29-27-39(28-30-49)50-45-21-10-8-19-41(45)43-32-36(23-25-47(43)50)37-24-26-48-44(33-37)42-20-9-11-22-46(42)51(48)40-18-12-15-35(31-40)34-13-4-2-5-14-34/h2-29,31-33H,30H2,1H3. The Morgan fingerprint density at radius 3 is 1.61 bits per heavy atom. The zero-order valence-electron chi connectivity index (χ0n) is 28.5. The minimum Gasteiger partial charge on any atom is -0.310 e. The summed E-state index contributed by atoms with van der Waals surface area (Å²) >= 11 is 0. The van der Waals surface area contributed by atoms with Gasteiger partial charge in [-0.1, -0.05) is 140 Å². The maximum Gasteiger partial charge on any atom is 0.0541 e. The van der Waals surface area contributed by atoms with Gasteiger partial charge in [-0.15, -0.1) is 0 Å². The molecule has 0 aliphatic heterocycles. The van der Waals surface area contributed by atoms with Crippen LogP contribution in [0.3, 0.4) is 0 Å². The lowest BCUT2D eigenvalue weighted by Gasteiger charge is -2.29. The Balaban J connectivity index is 1.08. The quantitative estimate of drug-likeness (QED) is 0.175. The van der Waals surface area contributed by atoms with E-state index in [2.05, 4.69) is 204 Å². The van der Waals surface area contributed by atoms with Crippen LogP contribution in [0, 0.1) is 0 Å². The van der Waals surface area contributed by atoms with E-state index in [1.807, 2.05) is 0 Å².